The van der Waals surface area contributed by atoms with Gasteiger partial charge in [0, 0.05) is 28.3 Å². The lowest BCUT2D eigenvalue weighted by Gasteiger charge is -1.98. The van der Waals surface area contributed by atoms with E-state index < -0.39 is 0 Å². The average Bonchev–Trinajstić information content (AvgIpc) is 2.49. The Morgan fingerprint density at radius 3 is 2.77 bits per heavy atom. The summed E-state index contributed by atoms with van der Waals surface area (Å²) in [7, 11) is 0. The Balaban J connectivity index is 2.68. The van der Waals surface area contributed by atoms with Crippen molar-refractivity contribution in [2.45, 2.75) is 13.0 Å². The minimum atomic E-state index is 0.0202. The third kappa shape index (κ3) is 1.27. The van der Waals surface area contributed by atoms with E-state index in [1.165, 1.54) is 0 Å². The van der Waals surface area contributed by atoms with Crippen LogP contribution in [-0.2, 0) is 0 Å². The molecule has 0 aliphatic heterocycles. The van der Waals surface area contributed by atoms with Gasteiger partial charge in [0.25, 0.3) is 0 Å². The lowest BCUT2D eigenvalue weighted by Crippen LogP contribution is -2.04. The number of nitrogens with two attached hydrogens (primary N) is 2. The molecule has 13 heavy (non-hydrogen) atoms. The van der Waals surface area contributed by atoms with Crippen LogP contribution in [0, 0.1) is 0 Å². The predicted molar refractivity (Wildman–Crippen MR) is 55.3 cm³/mol. The largest absolute Gasteiger partial charge is 0.398 e. The van der Waals surface area contributed by atoms with E-state index in [9.17, 15) is 0 Å². The lowest BCUT2D eigenvalue weighted by atomic mass is 10.2. The Bertz CT molecular complexity index is 429. The third-order valence-electron chi connectivity index (χ3n) is 2.21. The van der Waals surface area contributed by atoms with Crippen molar-refractivity contribution >= 4 is 16.6 Å². The lowest BCUT2D eigenvalue weighted by molar-refractivity contribution is 0.792. The predicted octanol–water partition coefficient (Wildman–Crippen LogP) is 1.77. The van der Waals surface area contributed by atoms with E-state index in [4.69, 9.17) is 11.5 Å². The van der Waals surface area contributed by atoms with Gasteiger partial charge in [0.05, 0.1) is 0 Å². The maximum absolute atomic E-state index is 5.81. The standard InChI is InChI=1S/C10H13N3/c1-6(11)10-5-7-8(12)3-2-4-9(7)13-10/h2-6,13H,11-12H2,1H3/t6-/m1/s1. The van der Waals surface area contributed by atoms with Gasteiger partial charge in [-0.25, -0.2) is 0 Å². The Labute approximate surface area is 76.7 Å². The quantitative estimate of drug-likeness (QED) is 0.578. The summed E-state index contributed by atoms with van der Waals surface area (Å²) < 4.78 is 0. The molecule has 2 aromatic rings. The molecule has 0 spiro atoms. The van der Waals surface area contributed by atoms with Crippen LogP contribution in [0.25, 0.3) is 10.9 Å². The molecule has 0 saturated carbocycles. The van der Waals surface area contributed by atoms with Crippen LogP contribution in [0.5, 0.6) is 0 Å². The molecular formula is C10H13N3. The molecule has 1 atom stereocenters. The Hall–Kier alpha value is -1.48. The monoisotopic (exact) mass is 175 g/mol. The minimum Gasteiger partial charge on any atom is -0.398 e. The summed E-state index contributed by atoms with van der Waals surface area (Å²) in [6.45, 7) is 1.95. The molecule has 0 saturated heterocycles. The average molecular weight is 175 g/mol. The summed E-state index contributed by atoms with van der Waals surface area (Å²) in [5.74, 6) is 0. The summed E-state index contributed by atoms with van der Waals surface area (Å²) in [4.78, 5) is 3.23. The van der Waals surface area contributed by atoms with Crippen LogP contribution in [0.2, 0.25) is 0 Å². The summed E-state index contributed by atoms with van der Waals surface area (Å²) >= 11 is 0. The maximum atomic E-state index is 5.81. The second-order valence-corrected chi connectivity index (χ2v) is 3.32. The molecule has 3 heteroatoms. The van der Waals surface area contributed by atoms with Crippen molar-refractivity contribution in [3.05, 3.63) is 30.0 Å². The molecule has 68 valence electrons. The molecule has 3 nitrogen and oxygen atoms in total. The molecule has 0 bridgehead atoms. The molecule has 0 radical (unpaired) electrons. The third-order valence-corrected chi connectivity index (χ3v) is 2.21. The number of aromatic amines is 1. The molecule has 0 fully saturated rings. The van der Waals surface area contributed by atoms with Gasteiger partial charge in [-0.15, -0.1) is 0 Å². The number of nitrogen functional groups attached to an aromatic ring is 1. The molecule has 0 aliphatic carbocycles. The van der Waals surface area contributed by atoms with Crippen molar-refractivity contribution in [3.8, 4) is 0 Å². The highest BCUT2D eigenvalue weighted by molar-refractivity contribution is 5.91. The van der Waals surface area contributed by atoms with Crippen LogP contribution in [-0.4, -0.2) is 4.98 Å². The Morgan fingerprint density at radius 2 is 2.15 bits per heavy atom. The molecule has 0 unspecified atom stereocenters. The molecule has 2 rings (SSSR count). The van der Waals surface area contributed by atoms with Crippen molar-refractivity contribution in [2.24, 2.45) is 5.73 Å². The topological polar surface area (TPSA) is 67.8 Å². The number of hydrogen-bond acceptors (Lipinski definition) is 2. The van der Waals surface area contributed by atoms with Crippen LogP contribution in [0.1, 0.15) is 18.7 Å². The minimum absolute atomic E-state index is 0.0202. The van der Waals surface area contributed by atoms with Gasteiger partial charge in [0.2, 0.25) is 0 Å². The number of hydrogen-bond donors (Lipinski definition) is 3. The zero-order valence-electron chi connectivity index (χ0n) is 7.54. The van der Waals surface area contributed by atoms with Crippen molar-refractivity contribution in [1.82, 2.24) is 4.98 Å². The van der Waals surface area contributed by atoms with Crippen molar-refractivity contribution < 1.29 is 0 Å². The van der Waals surface area contributed by atoms with Gasteiger partial charge in [-0.1, -0.05) is 6.07 Å². The van der Waals surface area contributed by atoms with E-state index in [2.05, 4.69) is 4.98 Å². The number of rotatable bonds is 1. The zero-order valence-corrected chi connectivity index (χ0v) is 7.54. The van der Waals surface area contributed by atoms with E-state index in [0.717, 1.165) is 22.3 Å². The van der Waals surface area contributed by atoms with Gasteiger partial charge in [0.1, 0.15) is 0 Å². The molecular weight excluding hydrogens is 162 g/mol. The first-order valence-corrected chi connectivity index (χ1v) is 4.31. The van der Waals surface area contributed by atoms with Gasteiger partial charge in [0.15, 0.2) is 0 Å². The highest BCUT2D eigenvalue weighted by Gasteiger charge is 2.05. The van der Waals surface area contributed by atoms with Crippen LogP contribution < -0.4 is 11.5 Å². The van der Waals surface area contributed by atoms with Crippen molar-refractivity contribution in [2.75, 3.05) is 5.73 Å². The molecule has 0 aliphatic rings. The number of nitrogens with one attached hydrogen (secondary N) is 1. The second-order valence-electron chi connectivity index (χ2n) is 3.32. The smallest absolute Gasteiger partial charge is 0.0477 e. The van der Waals surface area contributed by atoms with Gasteiger partial charge in [-0.05, 0) is 25.1 Å². The fourth-order valence-electron chi connectivity index (χ4n) is 1.45. The first-order chi connectivity index (χ1) is 6.18. The van der Waals surface area contributed by atoms with Crippen molar-refractivity contribution in [1.29, 1.82) is 0 Å². The highest BCUT2D eigenvalue weighted by atomic mass is 14.8. The zero-order chi connectivity index (χ0) is 9.42. The maximum Gasteiger partial charge on any atom is 0.0477 e. The number of anilines is 1. The van der Waals surface area contributed by atoms with Crippen LogP contribution in [0.4, 0.5) is 5.69 Å². The molecule has 1 aromatic heterocycles. The van der Waals surface area contributed by atoms with E-state index in [1.807, 2.05) is 31.2 Å². The van der Waals surface area contributed by atoms with Crippen molar-refractivity contribution in [3.63, 3.8) is 0 Å². The van der Waals surface area contributed by atoms with E-state index in [-0.39, 0.29) is 6.04 Å². The molecule has 1 aromatic carbocycles. The van der Waals surface area contributed by atoms with Crippen LogP contribution in [0.3, 0.4) is 0 Å². The SMILES string of the molecule is C[C@@H](N)c1cc2c(N)cccc2[nH]1. The molecule has 0 amide bonds. The summed E-state index contributed by atoms with van der Waals surface area (Å²) in [5.41, 5.74) is 14.4. The normalized spacial score (nSPS) is 13.4. The summed E-state index contributed by atoms with van der Waals surface area (Å²) in [6.07, 6.45) is 0. The van der Waals surface area contributed by atoms with Gasteiger partial charge in [-0.2, -0.15) is 0 Å². The second kappa shape index (κ2) is 2.78. The Morgan fingerprint density at radius 1 is 1.38 bits per heavy atom. The number of fused-ring (bicyclic) bond motifs is 1. The Kier molecular flexibility index (Phi) is 1.74. The van der Waals surface area contributed by atoms with Gasteiger partial charge >= 0.3 is 0 Å². The highest BCUT2D eigenvalue weighted by Crippen LogP contribution is 2.23. The number of H-pyrrole nitrogens is 1. The summed E-state index contributed by atoms with van der Waals surface area (Å²) in [6, 6.07) is 7.85. The van der Waals surface area contributed by atoms with E-state index in [0.29, 0.717) is 0 Å². The summed E-state index contributed by atoms with van der Waals surface area (Å²) in [5, 5.41) is 1.05. The first-order valence-electron chi connectivity index (χ1n) is 4.31. The van der Waals surface area contributed by atoms with Gasteiger partial charge in [-0.3, -0.25) is 0 Å². The van der Waals surface area contributed by atoms with Crippen LogP contribution in [0.15, 0.2) is 24.3 Å². The fourth-order valence-corrected chi connectivity index (χ4v) is 1.45. The van der Waals surface area contributed by atoms with E-state index in [1.54, 1.807) is 0 Å². The van der Waals surface area contributed by atoms with Crippen LogP contribution >= 0.6 is 0 Å². The fraction of sp³-hybridized carbons (Fsp3) is 0.200. The number of aromatic nitrogens is 1. The van der Waals surface area contributed by atoms with E-state index >= 15 is 0 Å². The first kappa shape index (κ1) is 8.13. The molecule has 1 heterocycles. The molecule has 5 N–H and O–H groups in total. The number of benzene rings is 1. The van der Waals surface area contributed by atoms with Gasteiger partial charge < -0.3 is 16.5 Å².